The van der Waals surface area contributed by atoms with Crippen LogP contribution in [-0.2, 0) is 26.6 Å². The minimum absolute atomic E-state index is 0.128. The Kier molecular flexibility index (Phi) is 4.92. The van der Waals surface area contributed by atoms with Crippen LogP contribution >= 0.6 is 0 Å². The zero-order valence-corrected chi connectivity index (χ0v) is 18.1. The number of benzene rings is 2. The Bertz CT molecular complexity index is 1430. The molecule has 2 aromatic heterocycles. The Balaban J connectivity index is 1.68. The molecule has 0 atom stereocenters. The fourth-order valence-electron chi connectivity index (χ4n) is 4.36. The summed E-state index contributed by atoms with van der Waals surface area (Å²) in [5.41, 5.74) is 2.29. The first-order valence-electron chi connectivity index (χ1n) is 10.8. The van der Waals surface area contributed by atoms with E-state index in [0.29, 0.717) is 29.2 Å². The molecule has 7 nitrogen and oxygen atoms in total. The zero-order chi connectivity index (χ0) is 22.4. The highest BCUT2D eigenvalue weighted by molar-refractivity contribution is 5.77. The van der Waals surface area contributed by atoms with E-state index < -0.39 is 17.1 Å². The van der Waals surface area contributed by atoms with Crippen LogP contribution in [0.5, 0.6) is 0 Å². The number of fused-ring (bicyclic) bond motifs is 3. The van der Waals surface area contributed by atoms with Crippen molar-refractivity contribution < 1.29 is 4.39 Å². The minimum atomic E-state index is -0.514. The van der Waals surface area contributed by atoms with Gasteiger partial charge in [-0.3, -0.25) is 13.9 Å². The third-order valence-corrected chi connectivity index (χ3v) is 6.16. The van der Waals surface area contributed by atoms with Gasteiger partial charge < -0.3 is 9.47 Å². The number of aromatic nitrogens is 4. The summed E-state index contributed by atoms with van der Waals surface area (Å²) in [5, 5.41) is 0. The summed E-state index contributed by atoms with van der Waals surface area (Å²) in [6.07, 6.45) is 1.80. The van der Waals surface area contributed by atoms with Crippen LogP contribution < -0.4 is 16.1 Å². The van der Waals surface area contributed by atoms with E-state index in [4.69, 9.17) is 4.98 Å². The maximum Gasteiger partial charge on any atom is 0.332 e. The monoisotopic (exact) mass is 433 g/mol. The lowest BCUT2D eigenvalue weighted by Gasteiger charge is -2.29. The van der Waals surface area contributed by atoms with Crippen LogP contribution in [0, 0.1) is 5.82 Å². The maximum atomic E-state index is 14.2. The zero-order valence-electron chi connectivity index (χ0n) is 18.1. The molecular weight excluding hydrogens is 409 g/mol. The first-order valence-corrected chi connectivity index (χ1v) is 10.8. The molecule has 32 heavy (non-hydrogen) atoms. The number of hydrogen-bond donors (Lipinski definition) is 0. The first-order chi connectivity index (χ1) is 15.5. The predicted molar refractivity (Wildman–Crippen MR) is 122 cm³/mol. The molecule has 0 N–H and O–H groups in total. The lowest BCUT2D eigenvalue weighted by molar-refractivity contribution is 0.578. The van der Waals surface area contributed by atoms with Gasteiger partial charge >= 0.3 is 5.69 Å². The van der Waals surface area contributed by atoms with Crippen molar-refractivity contribution in [2.45, 2.75) is 32.9 Å². The van der Waals surface area contributed by atoms with Crippen LogP contribution in [0.15, 0.2) is 58.1 Å². The highest BCUT2D eigenvalue weighted by Crippen LogP contribution is 2.31. The quantitative estimate of drug-likeness (QED) is 0.496. The van der Waals surface area contributed by atoms with Crippen LogP contribution in [0.3, 0.4) is 0 Å². The lowest BCUT2D eigenvalue weighted by Crippen LogP contribution is -2.40. The maximum absolute atomic E-state index is 14.2. The number of imidazole rings is 1. The number of halogens is 1. The summed E-state index contributed by atoms with van der Waals surface area (Å²) in [7, 11) is 1.60. The standard InChI is InChI=1S/C24H24FN5O2/c1-3-16-9-11-18(12-10-16)28-13-6-14-29-20-21(26-23(28)29)27(2)24(32)30(22(20)31)15-17-7-4-5-8-19(17)25/h4-5,7-12H,3,6,13-15H2,1-2H3. The van der Waals surface area contributed by atoms with Crippen LogP contribution in [0.4, 0.5) is 16.0 Å². The lowest BCUT2D eigenvalue weighted by atomic mass is 10.1. The molecule has 2 aromatic carbocycles. The van der Waals surface area contributed by atoms with Gasteiger partial charge in [-0.15, -0.1) is 0 Å². The van der Waals surface area contributed by atoms with E-state index in [9.17, 15) is 14.0 Å². The topological polar surface area (TPSA) is 65.1 Å². The van der Waals surface area contributed by atoms with Crippen molar-refractivity contribution in [3.63, 3.8) is 0 Å². The van der Waals surface area contributed by atoms with Gasteiger partial charge in [0, 0.05) is 31.4 Å². The van der Waals surface area contributed by atoms with Gasteiger partial charge in [0.05, 0.1) is 6.54 Å². The molecule has 8 heteroatoms. The van der Waals surface area contributed by atoms with Gasteiger partial charge in [0.15, 0.2) is 11.2 Å². The largest absolute Gasteiger partial charge is 0.332 e. The van der Waals surface area contributed by atoms with Crippen molar-refractivity contribution >= 4 is 22.8 Å². The Hall–Kier alpha value is -3.68. The van der Waals surface area contributed by atoms with Crippen molar-refractivity contribution in [2.24, 2.45) is 7.05 Å². The summed E-state index contributed by atoms with van der Waals surface area (Å²) in [5.74, 6) is 0.199. The molecule has 0 fully saturated rings. The normalized spacial score (nSPS) is 13.5. The van der Waals surface area contributed by atoms with Gasteiger partial charge in [0.2, 0.25) is 5.95 Å². The smallest absolute Gasteiger partial charge is 0.312 e. The van der Waals surface area contributed by atoms with Gasteiger partial charge in [0.25, 0.3) is 5.56 Å². The van der Waals surface area contributed by atoms with Gasteiger partial charge in [-0.1, -0.05) is 37.3 Å². The highest BCUT2D eigenvalue weighted by Gasteiger charge is 2.27. The van der Waals surface area contributed by atoms with E-state index in [2.05, 4.69) is 36.1 Å². The third kappa shape index (κ3) is 3.14. The molecule has 1 aliphatic rings. The molecule has 0 bridgehead atoms. The van der Waals surface area contributed by atoms with E-state index in [1.165, 1.54) is 16.2 Å². The second kappa shape index (κ2) is 7.78. The summed E-state index contributed by atoms with van der Waals surface area (Å²) in [4.78, 5) is 33.2. The molecule has 0 spiro atoms. The predicted octanol–water partition coefficient (Wildman–Crippen LogP) is 3.19. The van der Waals surface area contributed by atoms with E-state index in [1.54, 1.807) is 25.2 Å². The molecule has 0 amide bonds. The molecule has 1 aliphatic heterocycles. The Morgan fingerprint density at radius 2 is 1.78 bits per heavy atom. The fourth-order valence-corrected chi connectivity index (χ4v) is 4.36. The second-order valence-electron chi connectivity index (χ2n) is 8.09. The van der Waals surface area contributed by atoms with Gasteiger partial charge in [-0.25, -0.2) is 9.18 Å². The van der Waals surface area contributed by atoms with E-state index in [0.717, 1.165) is 29.6 Å². The number of rotatable bonds is 4. The average molecular weight is 433 g/mol. The Morgan fingerprint density at radius 1 is 1.03 bits per heavy atom. The van der Waals surface area contributed by atoms with Gasteiger partial charge in [0.1, 0.15) is 5.82 Å². The van der Waals surface area contributed by atoms with Crippen LogP contribution in [0.2, 0.25) is 0 Å². The molecule has 3 heterocycles. The number of nitrogens with zero attached hydrogens (tertiary/aromatic N) is 5. The summed E-state index contributed by atoms with van der Waals surface area (Å²) in [6, 6.07) is 14.5. The van der Waals surface area contributed by atoms with Crippen LogP contribution in [0.25, 0.3) is 11.2 Å². The summed E-state index contributed by atoms with van der Waals surface area (Å²) >= 11 is 0. The minimum Gasteiger partial charge on any atom is -0.312 e. The number of anilines is 2. The van der Waals surface area contributed by atoms with E-state index in [1.807, 2.05) is 4.57 Å². The van der Waals surface area contributed by atoms with Crippen LogP contribution in [0.1, 0.15) is 24.5 Å². The SMILES string of the molecule is CCc1ccc(N2CCCn3c2nc2c3c(=O)n(Cc3ccccc3F)c(=O)n2C)cc1. The Labute approximate surface area is 184 Å². The molecule has 0 unspecified atom stereocenters. The molecule has 0 saturated carbocycles. The first kappa shape index (κ1) is 20.2. The summed E-state index contributed by atoms with van der Waals surface area (Å²) < 4.78 is 18.6. The molecular formula is C24H24FN5O2. The van der Waals surface area contributed by atoms with Gasteiger partial charge in [-0.2, -0.15) is 4.98 Å². The molecule has 164 valence electrons. The molecule has 0 saturated heterocycles. The third-order valence-electron chi connectivity index (χ3n) is 6.16. The number of aryl methyl sites for hydroxylation is 3. The molecule has 0 radical (unpaired) electrons. The van der Waals surface area contributed by atoms with E-state index >= 15 is 0 Å². The van der Waals surface area contributed by atoms with Crippen molar-refractivity contribution in [3.8, 4) is 0 Å². The van der Waals surface area contributed by atoms with Crippen molar-refractivity contribution in [2.75, 3.05) is 11.4 Å². The van der Waals surface area contributed by atoms with Crippen molar-refractivity contribution in [1.82, 2.24) is 18.7 Å². The van der Waals surface area contributed by atoms with Crippen LogP contribution in [-0.4, -0.2) is 25.2 Å². The highest BCUT2D eigenvalue weighted by atomic mass is 19.1. The number of hydrogen-bond acceptors (Lipinski definition) is 4. The second-order valence-corrected chi connectivity index (χ2v) is 8.09. The average Bonchev–Trinajstić information content (AvgIpc) is 3.22. The fraction of sp³-hybridized carbons (Fsp3) is 0.292. The van der Waals surface area contributed by atoms with Crippen molar-refractivity contribution in [3.05, 3.63) is 86.3 Å². The van der Waals surface area contributed by atoms with Gasteiger partial charge in [-0.05, 0) is 36.6 Å². The van der Waals surface area contributed by atoms with E-state index in [-0.39, 0.29) is 6.54 Å². The molecule has 5 rings (SSSR count). The summed E-state index contributed by atoms with van der Waals surface area (Å²) in [6.45, 7) is 3.38. The molecule has 0 aliphatic carbocycles. The Morgan fingerprint density at radius 3 is 2.50 bits per heavy atom. The van der Waals surface area contributed by atoms with Crippen molar-refractivity contribution in [1.29, 1.82) is 0 Å². The molecule has 4 aromatic rings.